The molecule has 0 amide bonds. The molecule has 1 aliphatic heterocycles. The smallest absolute Gasteiger partial charge is 0.321 e. The van der Waals surface area contributed by atoms with Gasteiger partial charge in [0.15, 0.2) is 0 Å². The first-order valence-electron chi connectivity index (χ1n) is 5.48. The molecule has 1 aromatic rings. The van der Waals surface area contributed by atoms with E-state index in [0.29, 0.717) is 13.2 Å². The molecule has 3 heteroatoms. The first kappa shape index (κ1) is 11.1. The van der Waals surface area contributed by atoms with Crippen LogP contribution in [-0.4, -0.2) is 26.3 Å². The number of benzene rings is 1. The summed E-state index contributed by atoms with van der Waals surface area (Å²) >= 11 is 0. The maximum absolute atomic E-state index is 11.8. The second kappa shape index (κ2) is 4.26. The fourth-order valence-electron chi connectivity index (χ4n) is 1.96. The largest absolute Gasteiger partial charge is 0.468 e. The van der Waals surface area contributed by atoms with Gasteiger partial charge in [0.05, 0.1) is 20.3 Å². The van der Waals surface area contributed by atoms with E-state index >= 15 is 0 Å². The van der Waals surface area contributed by atoms with Crippen LogP contribution in [0, 0.1) is 0 Å². The lowest BCUT2D eigenvalue weighted by molar-refractivity contribution is -0.166. The van der Waals surface area contributed by atoms with Crippen molar-refractivity contribution in [2.75, 3.05) is 20.3 Å². The Labute approximate surface area is 95.4 Å². The molecule has 0 spiro atoms. The van der Waals surface area contributed by atoms with Gasteiger partial charge in [-0.1, -0.05) is 31.2 Å². The summed E-state index contributed by atoms with van der Waals surface area (Å²) in [5, 5.41) is 0. The number of hydrogen-bond donors (Lipinski definition) is 0. The zero-order chi connectivity index (χ0) is 11.6. The lowest BCUT2D eigenvalue weighted by Crippen LogP contribution is -2.53. The predicted molar refractivity (Wildman–Crippen MR) is 60.3 cm³/mol. The number of carbonyl (C=O) groups excluding carboxylic acids is 1. The molecule has 0 bridgehead atoms. The Morgan fingerprint density at radius 2 is 2.00 bits per heavy atom. The quantitative estimate of drug-likeness (QED) is 0.727. The maximum atomic E-state index is 11.8. The first-order chi connectivity index (χ1) is 7.73. The van der Waals surface area contributed by atoms with E-state index < -0.39 is 5.41 Å². The topological polar surface area (TPSA) is 35.5 Å². The summed E-state index contributed by atoms with van der Waals surface area (Å²) in [5.41, 5.74) is 1.69. The average Bonchev–Trinajstić information content (AvgIpc) is 2.28. The van der Waals surface area contributed by atoms with Crippen LogP contribution in [0.25, 0.3) is 0 Å². The molecular formula is C13H16O3. The van der Waals surface area contributed by atoms with Crippen molar-refractivity contribution in [3.05, 3.63) is 35.4 Å². The molecule has 1 heterocycles. The molecule has 2 rings (SSSR count). The molecule has 1 saturated heterocycles. The Morgan fingerprint density at radius 3 is 2.38 bits per heavy atom. The summed E-state index contributed by atoms with van der Waals surface area (Å²) in [6.45, 7) is 2.95. The van der Waals surface area contributed by atoms with E-state index in [1.807, 2.05) is 12.1 Å². The van der Waals surface area contributed by atoms with Crippen LogP contribution in [0.1, 0.15) is 18.1 Å². The Balaban J connectivity index is 2.30. The minimum absolute atomic E-state index is 0.206. The summed E-state index contributed by atoms with van der Waals surface area (Å²) in [7, 11) is 1.42. The molecule has 0 aliphatic carbocycles. The molecule has 0 saturated carbocycles. The van der Waals surface area contributed by atoms with Gasteiger partial charge in [0.1, 0.15) is 5.41 Å². The number of hydrogen-bond acceptors (Lipinski definition) is 3. The van der Waals surface area contributed by atoms with Crippen LogP contribution in [0.2, 0.25) is 0 Å². The van der Waals surface area contributed by atoms with Gasteiger partial charge >= 0.3 is 5.97 Å². The van der Waals surface area contributed by atoms with Crippen molar-refractivity contribution >= 4 is 5.97 Å². The molecule has 0 radical (unpaired) electrons. The fraction of sp³-hybridized carbons (Fsp3) is 0.462. The Kier molecular flexibility index (Phi) is 2.97. The van der Waals surface area contributed by atoms with Crippen LogP contribution < -0.4 is 0 Å². The highest BCUT2D eigenvalue weighted by molar-refractivity contribution is 5.84. The predicted octanol–water partition coefficient (Wildman–Crippen LogP) is 1.69. The second-order valence-electron chi connectivity index (χ2n) is 4.12. The average molecular weight is 220 g/mol. The van der Waals surface area contributed by atoms with Gasteiger partial charge in [-0.2, -0.15) is 0 Å². The second-order valence-corrected chi connectivity index (χ2v) is 4.12. The molecule has 1 aliphatic rings. The van der Waals surface area contributed by atoms with Crippen LogP contribution in [0.5, 0.6) is 0 Å². The molecule has 0 unspecified atom stereocenters. The van der Waals surface area contributed by atoms with Crippen molar-refractivity contribution in [3.63, 3.8) is 0 Å². The van der Waals surface area contributed by atoms with Gasteiger partial charge in [0, 0.05) is 0 Å². The van der Waals surface area contributed by atoms with Gasteiger partial charge in [0.2, 0.25) is 0 Å². The number of aryl methyl sites for hydroxylation is 1. The van der Waals surface area contributed by atoms with E-state index in [1.165, 1.54) is 12.7 Å². The monoisotopic (exact) mass is 220 g/mol. The maximum Gasteiger partial charge on any atom is 0.321 e. The molecule has 1 aromatic carbocycles. The summed E-state index contributed by atoms with van der Waals surface area (Å²) in [6.07, 6.45) is 1.00. The third-order valence-corrected chi connectivity index (χ3v) is 3.19. The van der Waals surface area contributed by atoms with Crippen LogP contribution in [-0.2, 0) is 26.1 Å². The minimum atomic E-state index is -0.568. The zero-order valence-electron chi connectivity index (χ0n) is 9.66. The van der Waals surface area contributed by atoms with E-state index in [-0.39, 0.29) is 5.97 Å². The van der Waals surface area contributed by atoms with Gasteiger partial charge in [-0.3, -0.25) is 4.79 Å². The molecule has 0 aromatic heterocycles. The Hall–Kier alpha value is -1.35. The van der Waals surface area contributed by atoms with Gasteiger partial charge in [-0.05, 0) is 17.5 Å². The minimum Gasteiger partial charge on any atom is -0.468 e. The summed E-state index contributed by atoms with van der Waals surface area (Å²) in [4.78, 5) is 11.8. The normalized spacial score (nSPS) is 17.6. The highest BCUT2D eigenvalue weighted by Crippen LogP contribution is 2.33. The first-order valence-corrected chi connectivity index (χ1v) is 5.48. The third-order valence-electron chi connectivity index (χ3n) is 3.19. The van der Waals surface area contributed by atoms with Crippen molar-refractivity contribution in [2.45, 2.75) is 18.8 Å². The highest BCUT2D eigenvalue weighted by Gasteiger charge is 2.48. The number of methoxy groups -OCH3 is 1. The van der Waals surface area contributed by atoms with Crippen molar-refractivity contribution < 1.29 is 14.3 Å². The van der Waals surface area contributed by atoms with Gasteiger partial charge < -0.3 is 9.47 Å². The van der Waals surface area contributed by atoms with E-state index in [9.17, 15) is 4.79 Å². The Morgan fingerprint density at radius 1 is 1.38 bits per heavy atom. The SMILES string of the molecule is CCc1ccc(C2(C(=O)OC)COC2)cc1. The van der Waals surface area contributed by atoms with Crippen LogP contribution in [0.4, 0.5) is 0 Å². The van der Waals surface area contributed by atoms with Crippen LogP contribution >= 0.6 is 0 Å². The van der Waals surface area contributed by atoms with Crippen molar-refractivity contribution in [1.29, 1.82) is 0 Å². The molecular weight excluding hydrogens is 204 g/mol. The van der Waals surface area contributed by atoms with E-state index in [0.717, 1.165) is 12.0 Å². The third kappa shape index (κ3) is 1.61. The molecule has 3 nitrogen and oxygen atoms in total. The number of rotatable bonds is 3. The number of carbonyl (C=O) groups is 1. The summed E-state index contributed by atoms with van der Waals surface area (Å²) in [5.74, 6) is -0.206. The molecule has 86 valence electrons. The Bertz CT molecular complexity index is 377. The van der Waals surface area contributed by atoms with E-state index in [4.69, 9.17) is 9.47 Å². The zero-order valence-corrected chi connectivity index (χ0v) is 9.66. The number of ether oxygens (including phenoxy) is 2. The lowest BCUT2D eigenvalue weighted by Gasteiger charge is -2.38. The van der Waals surface area contributed by atoms with Crippen LogP contribution in [0.15, 0.2) is 24.3 Å². The van der Waals surface area contributed by atoms with Crippen molar-refractivity contribution in [3.8, 4) is 0 Å². The summed E-state index contributed by atoms with van der Waals surface area (Å²) in [6, 6.07) is 8.10. The van der Waals surface area contributed by atoms with E-state index in [2.05, 4.69) is 19.1 Å². The van der Waals surface area contributed by atoms with Crippen molar-refractivity contribution in [1.82, 2.24) is 0 Å². The molecule has 16 heavy (non-hydrogen) atoms. The number of esters is 1. The lowest BCUT2D eigenvalue weighted by atomic mass is 9.78. The van der Waals surface area contributed by atoms with Gasteiger partial charge in [-0.25, -0.2) is 0 Å². The van der Waals surface area contributed by atoms with E-state index in [1.54, 1.807) is 0 Å². The molecule has 1 fully saturated rings. The van der Waals surface area contributed by atoms with Gasteiger partial charge in [-0.15, -0.1) is 0 Å². The van der Waals surface area contributed by atoms with Crippen molar-refractivity contribution in [2.24, 2.45) is 0 Å². The molecule has 0 N–H and O–H groups in total. The summed E-state index contributed by atoms with van der Waals surface area (Å²) < 4.78 is 10.0. The van der Waals surface area contributed by atoms with Gasteiger partial charge in [0.25, 0.3) is 0 Å². The standard InChI is InChI=1S/C13H16O3/c1-3-10-4-6-11(7-5-10)13(8-16-9-13)12(14)15-2/h4-7H,3,8-9H2,1-2H3. The molecule has 0 atom stereocenters. The highest BCUT2D eigenvalue weighted by atomic mass is 16.5. The van der Waals surface area contributed by atoms with Crippen LogP contribution in [0.3, 0.4) is 0 Å². The fourth-order valence-corrected chi connectivity index (χ4v) is 1.96.